The van der Waals surface area contributed by atoms with Crippen LogP contribution in [0.25, 0.3) is 0 Å². The van der Waals surface area contributed by atoms with Crippen molar-refractivity contribution in [1.29, 1.82) is 0 Å². The van der Waals surface area contributed by atoms with Crippen LogP contribution in [0.4, 0.5) is 0 Å². The number of carbonyl (C=O) groups excluding carboxylic acids is 4. The number of ether oxygens (including phenoxy) is 3. The second-order valence-electron chi connectivity index (χ2n) is 14.3. The summed E-state index contributed by atoms with van der Waals surface area (Å²) in [6.45, 7) is 11.3. The third-order valence-corrected chi connectivity index (χ3v) is 11.1. The maximum absolute atomic E-state index is 14.9. The number of fused-ring (bicyclic) bond motifs is 1. The van der Waals surface area contributed by atoms with Gasteiger partial charge in [-0.2, -0.15) is 0 Å². The molecule has 2 aromatic carbocycles. The van der Waals surface area contributed by atoms with Crippen molar-refractivity contribution < 1.29 is 38.5 Å². The molecule has 4 aliphatic rings. The van der Waals surface area contributed by atoms with E-state index < -0.39 is 53.6 Å². The molecular weight excluding hydrogens is 676 g/mol. The van der Waals surface area contributed by atoms with Gasteiger partial charge >= 0.3 is 5.97 Å². The number of aliphatic hydroxyl groups is 1. The molecule has 0 radical (unpaired) electrons. The van der Waals surface area contributed by atoms with Gasteiger partial charge in [0, 0.05) is 39.1 Å². The first kappa shape index (κ1) is 38.4. The maximum atomic E-state index is 14.9. The first-order valence-corrected chi connectivity index (χ1v) is 18.8. The largest absolute Gasteiger partial charge is 0.455 e. The van der Waals surface area contributed by atoms with Crippen LogP contribution < -0.4 is 5.32 Å². The zero-order valence-electron chi connectivity index (χ0n) is 30.4. The van der Waals surface area contributed by atoms with Gasteiger partial charge in [0.05, 0.1) is 50.3 Å². The van der Waals surface area contributed by atoms with Crippen LogP contribution in [0.1, 0.15) is 42.9 Å². The van der Waals surface area contributed by atoms with Crippen molar-refractivity contribution in [3.8, 4) is 0 Å². The SMILES string of the molecule is C=CCCC(=O)NC[C@@H](OC(=O)[C@@H]1[C@@H]2CC[C@]3(O2)[C@H](C(=O)N(CC=C)CCN2CCOCC2)N([C@@H](CO)Cc2ccccc2)C(=O)[C@@H]13)c1ccccc1. The van der Waals surface area contributed by atoms with E-state index >= 15 is 0 Å². The van der Waals surface area contributed by atoms with E-state index in [0.717, 1.165) is 18.7 Å². The maximum Gasteiger partial charge on any atom is 0.313 e. The van der Waals surface area contributed by atoms with E-state index in [2.05, 4.69) is 23.4 Å². The summed E-state index contributed by atoms with van der Waals surface area (Å²) in [5.74, 6) is -3.47. The third-order valence-electron chi connectivity index (χ3n) is 11.1. The van der Waals surface area contributed by atoms with E-state index in [1.807, 2.05) is 60.7 Å². The highest BCUT2D eigenvalue weighted by atomic mass is 16.6. The molecule has 0 aromatic heterocycles. The topological polar surface area (TPSA) is 138 Å². The molecule has 1 spiro atoms. The molecule has 4 saturated heterocycles. The normalized spacial score (nSPS) is 26.1. The number of esters is 1. The van der Waals surface area contributed by atoms with Gasteiger partial charge in [0.25, 0.3) is 0 Å². The number of benzene rings is 2. The van der Waals surface area contributed by atoms with Crippen LogP contribution in [-0.2, 0) is 39.8 Å². The molecule has 2 aromatic rings. The lowest BCUT2D eigenvalue weighted by atomic mass is 9.70. The number of carbonyl (C=O) groups is 4. The van der Waals surface area contributed by atoms with Crippen LogP contribution in [0, 0.1) is 11.8 Å². The predicted octanol–water partition coefficient (Wildman–Crippen LogP) is 2.68. The quantitative estimate of drug-likeness (QED) is 0.175. The Morgan fingerprint density at radius 3 is 2.45 bits per heavy atom. The highest BCUT2D eigenvalue weighted by molar-refractivity contribution is 5.98. The Hall–Kier alpha value is -4.36. The number of hydrogen-bond donors (Lipinski definition) is 2. The number of rotatable bonds is 18. The highest BCUT2D eigenvalue weighted by Crippen LogP contribution is 2.59. The molecular formula is C41H52N4O8. The van der Waals surface area contributed by atoms with Crippen LogP contribution in [0.15, 0.2) is 86.0 Å². The van der Waals surface area contributed by atoms with Gasteiger partial charge in [-0.15, -0.1) is 13.2 Å². The summed E-state index contributed by atoms with van der Waals surface area (Å²) < 4.78 is 18.4. The minimum Gasteiger partial charge on any atom is -0.455 e. The Balaban J connectivity index is 1.31. The van der Waals surface area contributed by atoms with Gasteiger partial charge in [0.2, 0.25) is 17.7 Å². The van der Waals surface area contributed by atoms with Gasteiger partial charge in [0.1, 0.15) is 17.7 Å². The van der Waals surface area contributed by atoms with Crippen molar-refractivity contribution in [3.63, 3.8) is 0 Å². The van der Waals surface area contributed by atoms with Gasteiger partial charge in [0.15, 0.2) is 0 Å². The number of aliphatic hydroxyl groups excluding tert-OH is 1. The van der Waals surface area contributed by atoms with E-state index in [9.17, 15) is 24.3 Å². The average Bonchev–Trinajstić information content (AvgIpc) is 3.84. The molecule has 12 nitrogen and oxygen atoms in total. The Morgan fingerprint density at radius 1 is 1.06 bits per heavy atom. The molecule has 4 aliphatic heterocycles. The Labute approximate surface area is 311 Å². The van der Waals surface area contributed by atoms with Crippen LogP contribution >= 0.6 is 0 Å². The molecule has 0 saturated carbocycles. The number of amides is 3. The second kappa shape index (κ2) is 17.6. The van der Waals surface area contributed by atoms with E-state index in [0.29, 0.717) is 57.6 Å². The van der Waals surface area contributed by atoms with Crippen LogP contribution in [0.5, 0.6) is 0 Å². The lowest BCUT2D eigenvalue weighted by molar-refractivity contribution is -0.161. The molecule has 2 N–H and O–H groups in total. The lowest BCUT2D eigenvalue weighted by Crippen LogP contribution is -2.59. The minimum absolute atomic E-state index is 0.0459. The number of morpholine rings is 1. The lowest BCUT2D eigenvalue weighted by Gasteiger charge is -2.40. The zero-order valence-corrected chi connectivity index (χ0v) is 30.4. The molecule has 6 rings (SSSR count). The van der Waals surface area contributed by atoms with Gasteiger partial charge in [-0.3, -0.25) is 24.1 Å². The summed E-state index contributed by atoms with van der Waals surface area (Å²) in [5.41, 5.74) is 0.309. The first-order valence-electron chi connectivity index (χ1n) is 18.8. The Morgan fingerprint density at radius 2 is 1.77 bits per heavy atom. The van der Waals surface area contributed by atoms with Crippen molar-refractivity contribution >= 4 is 23.7 Å². The van der Waals surface area contributed by atoms with Crippen molar-refractivity contribution in [2.24, 2.45) is 11.8 Å². The molecule has 0 unspecified atom stereocenters. The van der Waals surface area contributed by atoms with Gasteiger partial charge in [-0.05, 0) is 36.8 Å². The fourth-order valence-corrected chi connectivity index (χ4v) is 8.52. The second-order valence-corrected chi connectivity index (χ2v) is 14.3. The van der Waals surface area contributed by atoms with E-state index in [-0.39, 0.29) is 37.9 Å². The number of hydrogen-bond acceptors (Lipinski definition) is 9. The molecule has 3 amide bonds. The minimum atomic E-state index is -1.29. The summed E-state index contributed by atoms with van der Waals surface area (Å²) in [7, 11) is 0. The molecule has 0 aliphatic carbocycles. The van der Waals surface area contributed by atoms with Crippen molar-refractivity contribution in [3.05, 3.63) is 97.1 Å². The van der Waals surface area contributed by atoms with Crippen LogP contribution in [-0.4, -0.2) is 126 Å². The number of nitrogens with zero attached hydrogens (tertiary/aromatic N) is 3. The monoisotopic (exact) mass is 728 g/mol. The molecule has 2 bridgehead atoms. The molecule has 4 fully saturated rings. The fourth-order valence-electron chi connectivity index (χ4n) is 8.52. The standard InChI is InChI=1S/C41H52N4O8/c1-3-5-16-34(47)42-27-33(30-14-10-7-11-15-30)52-40(50)35-32-17-18-41(53-32)36(35)38(48)45(31(28-46)26-29-12-8-6-9-13-29)37(41)39(49)44(19-4-2)21-20-43-22-24-51-25-23-43/h3-4,6-15,31-33,35-37,46H,1-2,5,16-28H2,(H,42,47)/t31-,32+,33-,35-,36-,37+,41-/m1/s1. The molecule has 4 heterocycles. The van der Waals surface area contributed by atoms with Gasteiger partial charge < -0.3 is 34.4 Å². The summed E-state index contributed by atoms with van der Waals surface area (Å²) in [6.07, 6.45) is 3.85. The number of likely N-dealkylation sites (tertiary alicyclic amines) is 1. The van der Waals surface area contributed by atoms with Gasteiger partial charge in [-0.1, -0.05) is 72.8 Å². The summed E-state index contributed by atoms with van der Waals surface area (Å²) in [5, 5.41) is 13.7. The third kappa shape index (κ3) is 8.26. The van der Waals surface area contributed by atoms with Crippen molar-refractivity contribution in [2.75, 3.05) is 59.1 Å². The Bertz CT molecular complexity index is 1600. The number of allylic oxidation sites excluding steroid dienone is 1. The summed E-state index contributed by atoms with van der Waals surface area (Å²) >= 11 is 0. The van der Waals surface area contributed by atoms with E-state index in [4.69, 9.17) is 14.2 Å². The number of nitrogens with one attached hydrogen (secondary N) is 1. The molecule has 12 heteroatoms. The van der Waals surface area contributed by atoms with Crippen molar-refractivity contribution in [1.82, 2.24) is 20.0 Å². The van der Waals surface area contributed by atoms with E-state index in [1.165, 1.54) is 4.90 Å². The van der Waals surface area contributed by atoms with E-state index in [1.54, 1.807) is 17.1 Å². The van der Waals surface area contributed by atoms with Crippen LogP contribution in [0.3, 0.4) is 0 Å². The fraction of sp³-hybridized carbons (Fsp3) is 0.512. The zero-order chi connectivity index (χ0) is 37.4. The van der Waals surface area contributed by atoms with Gasteiger partial charge in [-0.25, -0.2) is 0 Å². The van der Waals surface area contributed by atoms with Crippen LogP contribution in [0.2, 0.25) is 0 Å². The summed E-state index contributed by atoms with van der Waals surface area (Å²) in [6, 6.07) is 16.9. The molecule has 7 atom stereocenters. The smallest absolute Gasteiger partial charge is 0.313 e. The molecule has 53 heavy (non-hydrogen) atoms. The summed E-state index contributed by atoms with van der Waals surface area (Å²) in [4.78, 5) is 62.2. The predicted molar refractivity (Wildman–Crippen MR) is 197 cm³/mol. The van der Waals surface area contributed by atoms with Crippen molar-refractivity contribution in [2.45, 2.75) is 62.0 Å². The Kier molecular flexibility index (Phi) is 12.8. The average molecular weight is 729 g/mol. The first-order chi connectivity index (χ1) is 25.8. The highest BCUT2D eigenvalue weighted by Gasteiger charge is 2.75. The molecule has 284 valence electrons.